The summed E-state index contributed by atoms with van der Waals surface area (Å²) in [5.41, 5.74) is 1.57. The van der Waals surface area contributed by atoms with Crippen LogP contribution in [0.1, 0.15) is 81.1 Å². The lowest BCUT2D eigenvalue weighted by molar-refractivity contribution is -0.433. The first-order chi connectivity index (χ1) is 44.0. The van der Waals surface area contributed by atoms with Gasteiger partial charge in [0, 0.05) is 81.8 Å². The van der Waals surface area contributed by atoms with E-state index in [-0.39, 0.29) is 48.7 Å². The summed E-state index contributed by atoms with van der Waals surface area (Å²) in [6, 6.07) is 6.18. The molecular formula is C60H82N10O20S2. The van der Waals surface area contributed by atoms with Gasteiger partial charge in [0.15, 0.2) is 11.5 Å². The van der Waals surface area contributed by atoms with Crippen molar-refractivity contribution >= 4 is 65.0 Å². The van der Waals surface area contributed by atoms with Gasteiger partial charge < -0.3 is 90.7 Å². The lowest BCUT2D eigenvalue weighted by Crippen LogP contribution is -2.64. The molecule has 4 aromatic rings. The molecule has 0 saturated carbocycles. The minimum Gasteiger partial charge on any atom is -0.504 e. The van der Waals surface area contributed by atoms with Gasteiger partial charge in [-0.2, -0.15) is 0 Å². The first kappa shape index (κ1) is 72.2. The van der Waals surface area contributed by atoms with E-state index < -0.39 is 158 Å². The Morgan fingerprint density at radius 1 is 0.761 bits per heavy atom. The van der Waals surface area contributed by atoms with E-state index in [0.717, 1.165) is 72.8 Å². The summed E-state index contributed by atoms with van der Waals surface area (Å²) in [5.74, 6) is -8.46. The summed E-state index contributed by atoms with van der Waals surface area (Å²) in [6.45, 7) is 2.66. The number of benzene rings is 3. The normalized spacial score (nSPS) is 24.8. The number of fused-ring (bicyclic) bond motifs is 2. The summed E-state index contributed by atoms with van der Waals surface area (Å²) in [6.07, 6.45) is -6.70. The highest BCUT2D eigenvalue weighted by Crippen LogP contribution is 2.33. The number of amides is 7. The van der Waals surface area contributed by atoms with E-state index >= 15 is 0 Å². The average molecular weight is 1330 g/mol. The van der Waals surface area contributed by atoms with Gasteiger partial charge in [0.1, 0.15) is 52.0 Å². The monoisotopic (exact) mass is 1330 g/mol. The molecule has 0 bridgehead atoms. The predicted molar refractivity (Wildman–Crippen MR) is 330 cm³/mol. The quantitative estimate of drug-likeness (QED) is 0.0177. The van der Waals surface area contributed by atoms with E-state index in [1.54, 1.807) is 38.2 Å². The first-order valence-electron chi connectivity index (χ1n) is 30.1. The predicted octanol–water partition coefficient (Wildman–Crippen LogP) is -0.183. The molecule has 7 amide bonds. The van der Waals surface area contributed by atoms with Gasteiger partial charge in [-0.3, -0.25) is 33.6 Å². The maximum absolute atomic E-state index is 14.9. The minimum atomic E-state index is -2.09. The second-order valence-electron chi connectivity index (χ2n) is 23.3. The van der Waals surface area contributed by atoms with Crippen molar-refractivity contribution in [3.8, 4) is 38.4 Å². The van der Waals surface area contributed by atoms with E-state index in [4.69, 9.17) is 18.9 Å². The molecule has 0 radical (unpaired) electrons. The zero-order valence-electron chi connectivity index (χ0n) is 51.5. The van der Waals surface area contributed by atoms with Crippen molar-refractivity contribution in [3.05, 3.63) is 77.9 Å². The van der Waals surface area contributed by atoms with Gasteiger partial charge in [-0.1, -0.05) is 65.1 Å². The SMILES string of the molecule is COCCCCCCCOc1ccc(-c2nnc(-c3ccc(C(=O)N[C@H]4C[C@H](O)CNC(=O)[C@@H]5[C@@H](O)[C@H](C)CN5C(=O)[C@H]([C@H](O)CCN(C)C)NC(=O)[C@H]([C@H](O)Cc5ccc(O)c(OSOOO)c5)NC(=O)[C@@H]5C[C@H](O)CN5C(=O)[C@H]([C@H](C)O)NC4=O)cc3)s2)cc1. The average Bonchev–Trinajstić information content (AvgIpc) is 1.64. The minimum absolute atomic E-state index is 0.0256. The zero-order valence-corrected chi connectivity index (χ0v) is 53.1. The van der Waals surface area contributed by atoms with Crippen LogP contribution in [0.25, 0.3) is 21.1 Å². The summed E-state index contributed by atoms with van der Waals surface area (Å²) in [4.78, 5) is 105. The molecule has 4 heterocycles. The van der Waals surface area contributed by atoms with Gasteiger partial charge in [-0.05, 0) is 94.4 Å². The van der Waals surface area contributed by atoms with E-state index in [1.165, 1.54) is 42.5 Å². The van der Waals surface area contributed by atoms with Gasteiger partial charge in [-0.15, -0.1) is 10.2 Å². The number of rotatable bonds is 25. The topological polar surface area (TPSA) is 423 Å². The lowest BCUT2D eigenvalue weighted by atomic mass is 9.98. The van der Waals surface area contributed by atoms with Crippen LogP contribution in [0.2, 0.25) is 0 Å². The summed E-state index contributed by atoms with van der Waals surface area (Å²) in [5, 5.41) is 114. The number of phenolic OH excluding ortho intramolecular Hbond substituents is 1. The van der Waals surface area contributed by atoms with Gasteiger partial charge in [-0.25, -0.2) is 5.26 Å². The number of carbonyl (C=O) groups excluding carboxylic acids is 7. The van der Waals surface area contributed by atoms with Crippen LogP contribution in [0, 0.1) is 5.92 Å². The Morgan fingerprint density at radius 2 is 1.39 bits per heavy atom. The molecule has 0 aliphatic carbocycles. The molecule has 3 fully saturated rings. The first-order valence-corrected chi connectivity index (χ1v) is 31.6. The molecule has 3 saturated heterocycles. The number of unbranched alkanes of at least 4 members (excludes halogenated alkanes) is 4. The maximum Gasteiger partial charge on any atom is 0.261 e. The number of methoxy groups -OCH3 is 1. The van der Waals surface area contributed by atoms with Crippen molar-refractivity contribution in [2.45, 2.75) is 145 Å². The fourth-order valence-corrected chi connectivity index (χ4v) is 12.0. The number of aromatic nitrogens is 2. The fraction of sp³-hybridized carbons (Fsp3) is 0.550. The molecule has 0 spiro atoms. The highest BCUT2D eigenvalue weighted by atomic mass is 32.2. The Labute approximate surface area is 539 Å². The smallest absolute Gasteiger partial charge is 0.261 e. The number of ether oxygens (including phenoxy) is 2. The van der Waals surface area contributed by atoms with Gasteiger partial charge in [0.25, 0.3) is 18.2 Å². The third kappa shape index (κ3) is 19.7. The van der Waals surface area contributed by atoms with Crippen LogP contribution >= 0.6 is 23.7 Å². The number of nitrogens with zero attached hydrogens (tertiary/aromatic N) is 5. The Balaban J connectivity index is 1.15. The molecule has 32 heteroatoms. The number of aliphatic hydroxyl groups is 6. The molecule has 3 aliphatic heterocycles. The molecule has 92 heavy (non-hydrogen) atoms. The Kier molecular flexibility index (Phi) is 27.2. The zero-order chi connectivity index (χ0) is 66.8. The molecule has 504 valence electrons. The summed E-state index contributed by atoms with van der Waals surface area (Å²) in [7, 11) is 5.05. The maximum atomic E-state index is 14.9. The third-order valence-electron chi connectivity index (χ3n) is 15.9. The molecule has 1 aromatic heterocycles. The van der Waals surface area contributed by atoms with Crippen molar-refractivity contribution < 1.29 is 97.6 Å². The second kappa shape index (κ2) is 34.6. The number of β-amino-alcohol motifs (C(OH)–C–C–N with tert-alkyl or cyclic N) is 1. The molecule has 13 N–H and O–H groups in total. The number of hydrogen-bond donors (Lipinski definition) is 13. The van der Waals surface area contributed by atoms with Crippen LogP contribution in [0.15, 0.2) is 66.7 Å². The molecule has 30 nitrogen and oxygen atoms in total. The summed E-state index contributed by atoms with van der Waals surface area (Å²) < 4.78 is 20.4. The van der Waals surface area contributed by atoms with E-state index in [0.29, 0.717) is 22.2 Å². The second-order valence-corrected chi connectivity index (χ2v) is 24.7. The van der Waals surface area contributed by atoms with Crippen molar-refractivity contribution in [1.29, 1.82) is 0 Å². The van der Waals surface area contributed by atoms with Crippen LogP contribution in [-0.4, -0.2) is 241 Å². The third-order valence-corrected chi connectivity index (χ3v) is 17.3. The standard InChI is InChI=1S/C60H82N10O20S2/c1-32-30-70-50(51(32)77)56(82)61-29-38(72)27-41(62-52(78)35-12-14-36(15-13-35)57-66-67-58(91-57)37-16-18-40(19-17-37)87-24-10-8-6-7-9-23-86-5)53(79)63-47(33(2)71)59(83)69-31-39(73)28-42(69)54(80)64-48(55(81)65-49(60(70)84)44(75)21-22-68(3)4)45(76)25-34-11-20-43(74)46(26-34)88-92-90-89-85/h11-20,26,32-33,38-39,41-42,44-45,47-51,71-77,85H,6-10,21-25,27-31H2,1-5H3,(H,61,82)(H,62,78)(H,63,79)(H,64,80)(H,65,81)/t32-,33+,38+,39+,41+,42+,44-,45-,47+,48+,49+,50+,51+/m1/s1. The molecular weight excluding hydrogens is 1240 g/mol. The lowest BCUT2D eigenvalue weighted by Gasteiger charge is -2.34. The van der Waals surface area contributed by atoms with Gasteiger partial charge in [0.2, 0.25) is 35.4 Å². The summed E-state index contributed by atoms with van der Waals surface area (Å²) >= 11 is 1.39. The van der Waals surface area contributed by atoms with Crippen molar-refractivity contribution in [1.82, 2.24) is 51.5 Å². The number of aromatic hydroxyl groups is 1. The largest absolute Gasteiger partial charge is 0.504 e. The van der Waals surface area contributed by atoms with Crippen LogP contribution in [-0.2, 0) is 49.3 Å². The number of aliphatic hydroxyl groups excluding tert-OH is 6. The van der Waals surface area contributed by atoms with Crippen molar-refractivity contribution in [2.75, 3.05) is 60.6 Å². The van der Waals surface area contributed by atoms with E-state index in [9.17, 15) is 69.3 Å². The Bertz CT molecular complexity index is 3110. The Morgan fingerprint density at radius 3 is 2.04 bits per heavy atom. The molecule has 13 atom stereocenters. The van der Waals surface area contributed by atoms with E-state index in [2.05, 4.69) is 46.2 Å². The number of hydrogen-bond acceptors (Lipinski definition) is 25. The fourth-order valence-electron chi connectivity index (χ4n) is 10.9. The number of phenols is 1. The van der Waals surface area contributed by atoms with Crippen LogP contribution in [0.4, 0.5) is 0 Å². The Hall–Kier alpha value is -7.18. The van der Waals surface area contributed by atoms with E-state index in [1.807, 2.05) is 24.3 Å². The van der Waals surface area contributed by atoms with Crippen molar-refractivity contribution in [3.63, 3.8) is 0 Å². The van der Waals surface area contributed by atoms with Crippen molar-refractivity contribution in [2.24, 2.45) is 5.92 Å². The molecule has 0 unspecified atom stereocenters. The molecule has 3 aliphatic rings. The van der Waals surface area contributed by atoms with Crippen LogP contribution in [0.5, 0.6) is 17.2 Å². The number of nitrogens with one attached hydrogen (secondary N) is 5. The highest BCUT2D eigenvalue weighted by Gasteiger charge is 2.50. The van der Waals surface area contributed by atoms with Crippen LogP contribution < -0.4 is 35.5 Å². The molecule has 7 rings (SSSR count). The number of carbonyl (C=O) groups is 7. The van der Waals surface area contributed by atoms with Gasteiger partial charge in [0.05, 0.1) is 43.2 Å². The molecule has 3 aromatic carbocycles. The highest BCUT2D eigenvalue weighted by molar-refractivity contribution is 7.90. The van der Waals surface area contributed by atoms with Gasteiger partial charge >= 0.3 is 0 Å². The van der Waals surface area contributed by atoms with Crippen LogP contribution in [0.3, 0.4) is 0 Å².